The van der Waals surface area contributed by atoms with Crippen LogP contribution in [0.1, 0.15) is 79.3 Å². The van der Waals surface area contributed by atoms with Crippen LogP contribution < -0.4 is 0 Å². The lowest BCUT2D eigenvalue weighted by Gasteiger charge is -2.53. The van der Waals surface area contributed by atoms with Gasteiger partial charge in [0, 0.05) is 36.0 Å². The van der Waals surface area contributed by atoms with Crippen molar-refractivity contribution >= 4 is 28.9 Å². The molecule has 270 valence electrons. The van der Waals surface area contributed by atoms with Crippen LogP contribution >= 0.6 is 0 Å². The number of hydrogen-bond acceptors (Lipinski definition) is 14. The fourth-order valence-corrected chi connectivity index (χ4v) is 7.90. The van der Waals surface area contributed by atoms with E-state index in [9.17, 15) is 44.4 Å². The highest BCUT2D eigenvalue weighted by Crippen LogP contribution is 2.53. The highest BCUT2D eigenvalue weighted by Gasteiger charge is 2.67. The largest absolute Gasteiger partial charge is 0.507 e. The van der Waals surface area contributed by atoms with E-state index >= 15 is 0 Å². The summed E-state index contributed by atoms with van der Waals surface area (Å²) in [6.45, 7) is 6.30. The van der Waals surface area contributed by atoms with E-state index in [-0.39, 0.29) is 46.7 Å². The summed E-state index contributed by atoms with van der Waals surface area (Å²) in [6, 6.07) is 2.63. The second kappa shape index (κ2) is 12.3. The van der Waals surface area contributed by atoms with Gasteiger partial charge in [-0.15, -0.1) is 0 Å². The number of aromatic hydroxyl groups is 1. The molecule has 1 aromatic rings. The number of rotatable bonds is 5. The van der Waals surface area contributed by atoms with Crippen molar-refractivity contribution < 1.29 is 68.1 Å². The molecular weight excluding hydrogens is 668 g/mol. The normalized spacial score (nSPS) is 40.7. The van der Waals surface area contributed by atoms with Gasteiger partial charge in [-0.05, 0) is 64.1 Å². The molecule has 2 fully saturated rings. The second-order valence-electron chi connectivity index (χ2n) is 14.2. The maximum Gasteiger partial charge on any atom is 0.198 e. The predicted molar refractivity (Wildman–Crippen MR) is 172 cm³/mol. The third-order valence-corrected chi connectivity index (χ3v) is 10.5. The molecule has 3 aliphatic carbocycles. The van der Waals surface area contributed by atoms with Gasteiger partial charge >= 0.3 is 0 Å². The van der Waals surface area contributed by atoms with Crippen molar-refractivity contribution in [1.29, 1.82) is 0 Å². The number of hydrogen-bond donors (Lipinski definition) is 4. The third kappa shape index (κ3) is 5.61. The van der Waals surface area contributed by atoms with Crippen LogP contribution in [0.15, 0.2) is 59.7 Å². The van der Waals surface area contributed by atoms with E-state index in [0.29, 0.717) is 0 Å². The fourth-order valence-electron chi connectivity index (χ4n) is 7.90. The van der Waals surface area contributed by atoms with Gasteiger partial charge in [-0.2, -0.15) is 0 Å². The second-order valence-corrected chi connectivity index (χ2v) is 14.2. The van der Waals surface area contributed by atoms with Crippen molar-refractivity contribution in [3.8, 4) is 5.75 Å². The Morgan fingerprint density at radius 1 is 0.863 bits per heavy atom. The molecular formula is C37H38O14. The van der Waals surface area contributed by atoms with E-state index in [2.05, 4.69) is 0 Å². The zero-order valence-corrected chi connectivity index (χ0v) is 28.2. The molecule has 14 nitrogen and oxygen atoms in total. The van der Waals surface area contributed by atoms with Gasteiger partial charge in [-0.3, -0.25) is 24.0 Å². The SMILES string of the molecule is C[C@@H]1O[C@@H](O[C@]2(C)CC(=O)[C@]3(O)C4=C(C=C[C@]3(O)C2)C(=O)c2c(ccc([C@@H]3C[C@H](O)[C@@H](O[C@@H]5C=CC(=O)[C@@H](C)O5)[C@H](C)O3)c2O)C4=O)C=CC1=O. The number of phenols is 1. The number of allylic oxidation sites excluding steroid dienone is 2. The molecule has 6 aliphatic rings. The van der Waals surface area contributed by atoms with Crippen molar-refractivity contribution in [2.75, 3.05) is 0 Å². The molecule has 0 amide bonds. The molecule has 51 heavy (non-hydrogen) atoms. The monoisotopic (exact) mass is 706 g/mol. The van der Waals surface area contributed by atoms with Gasteiger partial charge in [0.25, 0.3) is 0 Å². The van der Waals surface area contributed by atoms with Crippen molar-refractivity contribution in [1.82, 2.24) is 0 Å². The van der Waals surface area contributed by atoms with Gasteiger partial charge in [0.2, 0.25) is 0 Å². The van der Waals surface area contributed by atoms with Crippen LogP contribution in [-0.2, 0) is 38.1 Å². The van der Waals surface area contributed by atoms with Crippen molar-refractivity contribution in [3.63, 3.8) is 0 Å². The number of ether oxygens (including phenoxy) is 5. The summed E-state index contributed by atoms with van der Waals surface area (Å²) in [5, 5.41) is 46.4. The zero-order chi connectivity index (χ0) is 36.8. The number of phenolic OH excluding ortho intramolecular Hbond substituents is 1. The van der Waals surface area contributed by atoms with Crippen LogP contribution in [0.2, 0.25) is 0 Å². The standard InChI is InChI=1S/C37H38O14/c1-16-22(38)7-9-27(48-16)50-34-18(3)47-25(13-24(34)40)19-5-6-20-29(31(19)42)32(43)21-11-12-36(45)15-35(4,51-28-10-8-23(39)17(2)49-28)14-26(41)37(36,46)30(21)33(20)44/h5-12,16-18,24-25,27-28,34,40,42,45-46H,13-15H2,1-4H3/t16-,17+,18+,24+,25+,27-,28+,34+,35-,36+,37+/m1/s1. The minimum absolute atomic E-state index is 0.0682. The molecule has 7 rings (SSSR count). The first kappa shape index (κ1) is 35.4. The van der Waals surface area contributed by atoms with E-state index < -0.39 is 101 Å². The Labute approximate surface area is 292 Å². The maximum atomic E-state index is 14.1. The number of benzene rings is 1. The Morgan fingerprint density at radius 2 is 1.51 bits per heavy atom. The number of carbonyl (C=O) groups excluding carboxylic acids is 5. The minimum atomic E-state index is -2.82. The Balaban J connectivity index is 1.14. The summed E-state index contributed by atoms with van der Waals surface area (Å²) in [7, 11) is 0. The average Bonchev–Trinajstić information content (AvgIpc) is 3.05. The molecule has 0 radical (unpaired) electrons. The molecule has 1 saturated carbocycles. The maximum absolute atomic E-state index is 14.1. The molecule has 14 heteroatoms. The number of Topliss-reactive ketones (excluding diaryl/α,β-unsaturated/α-hetero) is 3. The average molecular weight is 707 g/mol. The summed E-state index contributed by atoms with van der Waals surface area (Å²) in [4.78, 5) is 65.6. The van der Waals surface area contributed by atoms with Crippen LogP contribution in [0.5, 0.6) is 5.75 Å². The van der Waals surface area contributed by atoms with Gasteiger partial charge < -0.3 is 44.1 Å². The van der Waals surface area contributed by atoms with Gasteiger partial charge in [0.15, 0.2) is 47.1 Å². The number of ketones is 5. The van der Waals surface area contributed by atoms with Crippen molar-refractivity contribution in [2.45, 2.75) is 113 Å². The molecule has 11 atom stereocenters. The Morgan fingerprint density at radius 3 is 2.16 bits per heavy atom. The number of fused-ring (bicyclic) bond motifs is 3. The fraction of sp³-hybridized carbons (Fsp3) is 0.486. The van der Waals surface area contributed by atoms with Gasteiger partial charge in [0.05, 0.1) is 35.0 Å². The molecule has 0 spiro atoms. The van der Waals surface area contributed by atoms with Crippen LogP contribution in [0.25, 0.3) is 0 Å². The lowest BCUT2D eigenvalue weighted by Crippen LogP contribution is -2.69. The van der Waals surface area contributed by atoms with Crippen LogP contribution in [-0.4, -0.2) is 109 Å². The Kier molecular flexibility index (Phi) is 8.55. The topological polar surface area (TPSA) is 212 Å². The molecule has 1 saturated heterocycles. The molecule has 1 aromatic carbocycles. The summed E-state index contributed by atoms with van der Waals surface area (Å²) in [6.07, 6.45) is -0.316. The van der Waals surface area contributed by atoms with Crippen LogP contribution in [0.3, 0.4) is 0 Å². The first-order valence-electron chi connectivity index (χ1n) is 16.8. The molecule has 0 aromatic heterocycles. The van der Waals surface area contributed by atoms with E-state index in [4.69, 9.17) is 23.7 Å². The Hall–Kier alpha value is -3.99. The van der Waals surface area contributed by atoms with Crippen LogP contribution in [0, 0.1) is 0 Å². The van der Waals surface area contributed by atoms with E-state index in [1.807, 2.05) is 0 Å². The van der Waals surface area contributed by atoms with E-state index in [0.717, 1.165) is 12.2 Å². The lowest BCUT2D eigenvalue weighted by molar-refractivity contribution is -0.243. The Bertz CT molecular complexity index is 1860. The summed E-state index contributed by atoms with van der Waals surface area (Å²) in [5.74, 6) is -3.83. The van der Waals surface area contributed by atoms with E-state index in [1.165, 1.54) is 43.4 Å². The van der Waals surface area contributed by atoms with E-state index in [1.54, 1.807) is 20.8 Å². The minimum Gasteiger partial charge on any atom is -0.507 e. The van der Waals surface area contributed by atoms with Gasteiger partial charge in [-0.1, -0.05) is 12.1 Å². The predicted octanol–water partition coefficient (Wildman–Crippen LogP) is 1.57. The van der Waals surface area contributed by atoms with Gasteiger partial charge in [-0.25, -0.2) is 0 Å². The summed E-state index contributed by atoms with van der Waals surface area (Å²) in [5.41, 5.74) is -8.14. The molecule has 0 bridgehead atoms. The van der Waals surface area contributed by atoms with Crippen LogP contribution in [0.4, 0.5) is 0 Å². The molecule has 3 heterocycles. The molecule has 4 N–H and O–H groups in total. The summed E-state index contributed by atoms with van der Waals surface area (Å²) < 4.78 is 29.1. The van der Waals surface area contributed by atoms with Gasteiger partial charge in [0.1, 0.15) is 29.7 Å². The quantitative estimate of drug-likeness (QED) is 0.343. The zero-order valence-electron chi connectivity index (χ0n) is 28.2. The smallest absolute Gasteiger partial charge is 0.198 e. The lowest BCUT2D eigenvalue weighted by atomic mass is 9.57. The highest BCUT2D eigenvalue weighted by molar-refractivity contribution is 6.32. The third-order valence-electron chi connectivity index (χ3n) is 10.5. The highest BCUT2D eigenvalue weighted by atomic mass is 16.7. The molecule has 3 aliphatic heterocycles. The number of carbonyl (C=O) groups is 5. The van der Waals surface area contributed by atoms with Crippen molar-refractivity contribution in [2.24, 2.45) is 0 Å². The number of aliphatic hydroxyl groups excluding tert-OH is 1. The summed E-state index contributed by atoms with van der Waals surface area (Å²) >= 11 is 0. The molecule has 0 unspecified atom stereocenters. The first-order chi connectivity index (χ1) is 24.0. The van der Waals surface area contributed by atoms with Crippen molar-refractivity contribution in [3.05, 3.63) is 76.4 Å². The number of aliphatic hydroxyl groups is 3. The first-order valence-corrected chi connectivity index (χ1v) is 16.8.